The summed E-state index contributed by atoms with van der Waals surface area (Å²) in [7, 11) is -1.91. The Kier molecular flexibility index (Phi) is 4.20. The largest absolute Gasteiger partial charge is 0.316 e. The summed E-state index contributed by atoms with van der Waals surface area (Å²) in [5, 5.41) is 16.7. The van der Waals surface area contributed by atoms with Crippen LogP contribution in [0.3, 0.4) is 0 Å². The molecule has 0 atom stereocenters. The molecule has 3 N–H and O–H groups in total. The van der Waals surface area contributed by atoms with Gasteiger partial charge in [0.1, 0.15) is 0 Å². The van der Waals surface area contributed by atoms with E-state index in [9.17, 15) is 8.42 Å². The van der Waals surface area contributed by atoms with E-state index in [-0.39, 0.29) is 11.6 Å². The smallest absolute Gasteiger partial charge is 0.258 e. The number of nitrogens with zero attached hydrogens (tertiary/aromatic N) is 3. The number of hydrogen-bond donors (Lipinski definition) is 3. The summed E-state index contributed by atoms with van der Waals surface area (Å²) < 4.78 is 26.7. The van der Waals surface area contributed by atoms with E-state index in [2.05, 4.69) is 30.4 Å². The van der Waals surface area contributed by atoms with Crippen molar-refractivity contribution in [1.82, 2.24) is 30.4 Å². The Balaban J connectivity index is 2.12. The van der Waals surface area contributed by atoms with Crippen LogP contribution in [0.5, 0.6) is 0 Å². The van der Waals surface area contributed by atoms with E-state index in [4.69, 9.17) is 0 Å². The molecule has 0 radical (unpaired) electrons. The van der Waals surface area contributed by atoms with Crippen LogP contribution < -0.4 is 10.0 Å². The van der Waals surface area contributed by atoms with Crippen molar-refractivity contribution in [2.24, 2.45) is 0 Å². The molecule has 19 heavy (non-hydrogen) atoms. The van der Waals surface area contributed by atoms with Crippen LogP contribution in [0.4, 0.5) is 0 Å². The molecule has 2 heterocycles. The van der Waals surface area contributed by atoms with Crippen LogP contribution in [0.15, 0.2) is 29.6 Å². The van der Waals surface area contributed by atoms with Gasteiger partial charge in [0.25, 0.3) is 10.0 Å². The van der Waals surface area contributed by atoms with Crippen LogP contribution in [0.2, 0.25) is 0 Å². The van der Waals surface area contributed by atoms with Crippen molar-refractivity contribution in [3.8, 4) is 0 Å². The lowest BCUT2D eigenvalue weighted by atomic mass is 10.4. The molecule has 102 valence electrons. The molecular formula is C10H14N6O2S. The third-order valence-corrected chi connectivity index (χ3v) is 3.80. The summed E-state index contributed by atoms with van der Waals surface area (Å²) in [6.45, 7) is 0.492. The lowest BCUT2D eigenvalue weighted by Crippen LogP contribution is -2.25. The molecule has 2 rings (SSSR count). The van der Waals surface area contributed by atoms with Gasteiger partial charge in [-0.2, -0.15) is 15.3 Å². The average molecular weight is 282 g/mol. The maximum absolute atomic E-state index is 12.1. The molecule has 0 fully saturated rings. The summed E-state index contributed by atoms with van der Waals surface area (Å²) in [6.07, 6.45) is 3.01. The Morgan fingerprint density at radius 1 is 1.37 bits per heavy atom. The third kappa shape index (κ3) is 3.34. The van der Waals surface area contributed by atoms with E-state index < -0.39 is 10.0 Å². The van der Waals surface area contributed by atoms with Crippen LogP contribution in [0, 0.1) is 0 Å². The standard InChI is InChI=1S/C10H14N6O2S/c1-11-5-8-6-13-16-10(8)19(17,18)14-7-9-3-2-4-12-15-9/h2-4,6,11,14H,5,7H2,1H3,(H,13,16). The first kappa shape index (κ1) is 13.6. The predicted molar refractivity (Wildman–Crippen MR) is 67.4 cm³/mol. The molecule has 0 saturated heterocycles. The third-order valence-electron chi connectivity index (χ3n) is 2.38. The van der Waals surface area contributed by atoms with Gasteiger partial charge >= 0.3 is 0 Å². The number of aromatic amines is 1. The number of aromatic nitrogens is 4. The number of rotatable bonds is 6. The lowest BCUT2D eigenvalue weighted by molar-refractivity contribution is 0.573. The molecule has 2 aromatic rings. The van der Waals surface area contributed by atoms with Gasteiger partial charge in [-0.1, -0.05) is 0 Å². The Morgan fingerprint density at radius 2 is 2.21 bits per heavy atom. The van der Waals surface area contributed by atoms with Gasteiger partial charge in [-0.15, -0.1) is 0 Å². The van der Waals surface area contributed by atoms with Crippen LogP contribution in [-0.2, 0) is 23.1 Å². The van der Waals surface area contributed by atoms with E-state index in [0.29, 0.717) is 17.8 Å². The summed E-state index contributed by atoms with van der Waals surface area (Å²) >= 11 is 0. The van der Waals surface area contributed by atoms with Crippen molar-refractivity contribution in [2.45, 2.75) is 18.1 Å². The van der Waals surface area contributed by atoms with Gasteiger partial charge in [-0.05, 0) is 19.2 Å². The second kappa shape index (κ2) is 5.87. The van der Waals surface area contributed by atoms with E-state index in [0.717, 1.165) is 0 Å². The molecule has 0 saturated carbocycles. The molecule has 0 amide bonds. The van der Waals surface area contributed by atoms with Gasteiger partial charge in [0.2, 0.25) is 0 Å². The number of hydrogen-bond acceptors (Lipinski definition) is 6. The maximum atomic E-state index is 12.1. The van der Waals surface area contributed by atoms with Gasteiger partial charge in [0.05, 0.1) is 18.4 Å². The van der Waals surface area contributed by atoms with Gasteiger partial charge in [-0.25, -0.2) is 13.1 Å². The zero-order valence-corrected chi connectivity index (χ0v) is 11.1. The van der Waals surface area contributed by atoms with Crippen molar-refractivity contribution in [1.29, 1.82) is 0 Å². The Morgan fingerprint density at radius 3 is 2.89 bits per heavy atom. The molecule has 8 nitrogen and oxygen atoms in total. The van der Waals surface area contributed by atoms with Crippen molar-refractivity contribution >= 4 is 10.0 Å². The van der Waals surface area contributed by atoms with Crippen molar-refractivity contribution < 1.29 is 8.42 Å². The summed E-state index contributed by atoms with van der Waals surface area (Å²) in [5.41, 5.74) is 1.12. The SMILES string of the molecule is CNCc1cn[nH]c1S(=O)(=O)NCc1cccnn1. The van der Waals surface area contributed by atoms with Gasteiger partial charge < -0.3 is 5.32 Å². The second-order valence-electron chi connectivity index (χ2n) is 3.79. The van der Waals surface area contributed by atoms with E-state index >= 15 is 0 Å². The van der Waals surface area contributed by atoms with Crippen LogP contribution in [0.25, 0.3) is 0 Å². The Bertz CT molecular complexity index is 624. The highest BCUT2D eigenvalue weighted by Gasteiger charge is 2.20. The number of sulfonamides is 1. The van der Waals surface area contributed by atoms with E-state index in [1.807, 2.05) is 0 Å². The second-order valence-corrected chi connectivity index (χ2v) is 5.50. The highest BCUT2D eigenvalue weighted by molar-refractivity contribution is 7.89. The number of H-pyrrole nitrogens is 1. The lowest BCUT2D eigenvalue weighted by Gasteiger charge is -2.06. The molecule has 2 aromatic heterocycles. The van der Waals surface area contributed by atoms with Crippen LogP contribution in [-0.4, -0.2) is 35.9 Å². The zero-order valence-electron chi connectivity index (χ0n) is 10.3. The van der Waals surface area contributed by atoms with E-state index in [1.54, 1.807) is 19.2 Å². The molecule has 9 heteroatoms. The normalized spacial score (nSPS) is 11.6. The maximum Gasteiger partial charge on any atom is 0.258 e. The fourth-order valence-corrected chi connectivity index (χ4v) is 2.64. The van der Waals surface area contributed by atoms with Crippen molar-refractivity contribution in [2.75, 3.05) is 7.05 Å². The average Bonchev–Trinajstić information content (AvgIpc) is 2.87. The van der Waals surface area contributed by atoms with E-state index in [1.165, 1.54) is 12.4 Å². The molecule has 0 aliphatic heterocycles. The Labute approximate surface area is 110 Å². The first-order valence-corrected chi connectivity index (χ1v) is 7.05. The molecule has 0 aromatic carbocycles. The topological polar surface area (TPSA) is 113 Å². The highest BCUT2D eigenvalue weighted by Crippen LogP contribution is 2.11. The Hall–Kier alpha value is -1.84. The van der Waals surface area contributed by atoms with Crippen LogP contribution >= 0.6 is 0 Å². The first-order chi connectivity index (χ1) is 9.13. The molecule has 0 bridgehead atoms. The molecule has 0 spiro atoms. The minimum absolute atomic E-state index is 0.0609. The summed E-state index contributed by atoms with van der Waals surface area (Å²) in [4.78, 5) is 0. The van der Waals surface area contributed by atoms with Gasteiger partial charge in [0, 0.05) is 18.3 Å². The summed E-state index contributed by atoms with van der Waals surface area (Å²) in [5.74, 6) is 0. The first-order valence-electron chi connectivity index (χ1n) is 5.56. The highest BCUT2D eigenvalue weighted by atomic mass is 32.2. The molecule has 0 aliphatic carbocycles. The monoisotopic (exact) mass is 282 g/mol. The quantitative estimate of drug-likeness (QED) is 0.652. The number of nitrogens with one attached hydrogen (secondary N) is 3. The minimum Gasteiger partial charge on any atom is -0.316 e. The summed E-state index contributed by atoms with van der Waals surface area (Å²) in [6, 6.07) is 3.39. The van der Waals surface area contributed by atoms with Crippen LogP contribution in [0.1, 0.15) is 11.3 Å². The fourth-order valence-electron chi connectivity index (χ4n) is 1.52. The van der Waals surface area contributed by atoms with Crippen molar-refractivity contribution in [3.63, 3.8) is 0 Å². The molecular weight excluding hydrogens is 268 g/mol. The fraction of sp³-hybridized carbons (Fsp3) is 0.300. The molecule has 0 unspecified atom stereocenters. The predicted octanol–water partition coefficient (Wildman–Crippen LogP) is -0.602. The van der Waals surface area contributed by atoms with Gasteiger partial charge in [-0.3, -0.25) is 5.10 Å². The van der Waals surface area contributed by atoms with Crippen molar-refractivity contribution in [3.05, 3.63) is 35.8 Å². The molecule has 0 aliphatic rings. The van der Waals surface area contributed by atoms with Gasteiger partial charge in [0.15, 0.2) is 5.03 Å². The zero-order chi connectivity index (χ0) is 13.7. The minimum atomic E-state index is -3.64.